The van der Waals surface area contributed by atoms with Crippen molar-refractivity contribution < 1.29 is 8.42 Å². The summed E-state index contributed by atoms with van der Waals surface area (Å²) in [4.78, 5) is 4.00. The first-order valence-corrected chi connectivity index (χ1v) is 7.76. The zero-order chi connectivity index (χ0) is 12.3. The average molecular weight is 320 g/mol. The summed E-state index contributed by atoms with van der Waals surface area (Å²) in [7, 11) is -3.34. The summed E-state index contributed by atoms with van der Waals surface area (Å²) in [6.07, 6.45) is 3.15. The highest BCUT2D eigenvalue weighted by molar-refractivity contribution is 9.10. The molecule has 0 radical (unpaired) electrons. The van der Waals surface area contributed by atoms with Crippen molar-refractivity contribution in [2.24, 2.45) is 0 Å². The lowest BCUT2D eigenvalue weighted by atomic mass is 10.2. The van der Waals surface area contributed by atoms with Gasteiger partial charge in [0.15, 0.2) is 0 Å². The predicted molar refractivity (Wildman–Crippen MR) is 70.4 cm³/mol. The van der Waals surface area contributed by atoms with Crippen LogP contribution in [0.2, 0.25) is 0 Å². The molecule has 1 aliphatic rings. The number of rotatable bonds is 3. The fourth-order valence-electron chi connectivity index (χ4n) is 1.75. The second kappa shape index (κ2) is 5.32. The van der Waals surface area contributed by atoms with Gasteiger partial charge in [-0.2, -0.15) is 0 Å². The number of nitrogens with zero attached hydrogens (tertiary/aromatic N) is 1. The van der Waals surface area contributed by atoms with Crippen LogP contribution in [0.3, 0.4) is 0 Å². The van der Waals surface area contributed by atoms with Crippen molar-refractivity contribution >= 4 is 31.8 Å². The zero-order valence-electron chi connectivity index (χ0n) is 9.19. The fourth-order valence-corrected chi connectivity index (χ4v) is 3.38. The quantitative estimate of drug-likeness (QED) is 0.882. The van der Waals surface area contributed by atoms with Gasteiger partial charge in [0.2, 0.25) is 10.0 Å². The smallest absolute Gasteiger partial charge is 0.238 e. The van der Waals surface area contributed by atoms with E-state index in [0.29, 0.717) is 18.8 Å². The minimum absolute atomic E-state index is 0.360. The van der Waals surface area contributed by atoms with Crippen molar-refractivity contribution in [2.75, 3.05) is 17.8 Å². The second-order valence-corrected chi connectivity index (χ2v) is 6.85. The van der Waals surface area contributed by atoms with Gasteiger partial charge in [-0.25, -0.2) is 13.4 Å². The topological polar surface area (TPSA) is 71.1 Å². The molecule has 0 spiro atoms. The molecule has 1 aliphatic heterocycles. The maximum absolute atomic E-state index is 12.0. The molecule has 2 rings (SSSR count). The van der Waals surface area contributed by atoms with Gasteiger partial charge in [-0.3, -0.25) is 4.72 Å². The van der Waals surface area contributed by atoms with Crippen LogP contribution in [0.5, 0.6) is 0 Å². The van der Waals surface area contributed by atoms with Crippen molar-refractivity contribution in [2.45, 2.75) is 18.1 Å². The van der Waals surface area contributed by atoms with Crippen molar-refractivity contribution in [3.63, 3.8) is 0 Å². The van der Waals surface area contributed by atoms with E-state index in [9.17, 15) is 8.42 Å². The average Bonchev–Trinajstić information content (AvgIpc) is 2.33. The van der Waals surface area contributed by atoms with Gasteiger partial charge in [0.1, 0.15) is 5.82 Å². The number of hydrogen-bond donors (Lipinski definition) is 2. The number of aromatic nitrogens is 1. The van der Waals surface area contributed by atoms with Gasteiger partial charge in [-0.15, -0.1) is 0 Å². The Kier molecular flexibility index (Phi) is 4.01. The molecule has 2 heterocycles. The van der Waals surface area contributed by atoms with Crippen LogP contribution in [-0.4, -0.2) is 31.7 Å². The molecule has 1 atom stereocenters. The molecule has 1 saturated heterocycles. The van der Waals surface area contributed by atoms with Crippen LogP contribution in [0.15, 0.2) is 22.8 Å². The van der Waals surface area contributed by atoms with E-state index in [4.69, 9.17) is 0 Å². The van der Waals surface area contributed by atoms with Gasteiger partial charge < -0.3 is 5.32 Å². The molecule has 17 heavy (non-hydrogen) atoms. The van der Waals surface area contributed by atoms with Crippen LogP contribution in [0.4, 0.5) is 5.82 Å². The Morgan fingerprint density at radius 3 is 2.88 bits per heavy atom. The molecule has 0 saturated carbocycles. The van der Waals surface area contributed by atoms with Crippen LogP contribution in [0.1, 0.15) is 12.8 Å². The molecular formula is C10H14BrN3O2S. The molecule has 94 valence electrons. The van der Waals surface area contributed by atoms with Gasteiger partial charge in [0, 0.05) is 17.2 Å². The first kappa shape index (κ1) is 12.8. The number of piperidine rings is 1. The predicted octanol–water partition coefficient (Wildman–Crippen LogP) is 1.34. The van der Waals surface area contributed by atoms with E-state index in [0.717, 1.165) is 17.4 Å². The van der Waals surface area contributed by atoms with Crippen molar-refractivity contribution in [3.8, 4) is 0 Å². The molecule has 7 heteroatoms. The maximum Gasteiger partial charge on any atom is 0.238 e. The number of nitrogens with one attached hydrogen (secondary N) is 2. The van der Waals surface area contributed by atoms with Crippen LogP contribution in [-0.2, 0) is 10.0 Å². The summed E-state index contributed by atoms with van der Waals surface area (Å²) in [6, 6.07) is 3.39. The fraction of sp³-hybridized carbons (Fsp3) is 0.500. The summed E-state index contributed by atoms with van der Waals surface area (Å²) in [5.74, 6) is 0.360. The SMILES string of the molecule is O=S(=O)(Nc1ccc(Br)cn1)C1CCCNC1. The lowest BCUT2D eigenvalue weighted by Gasteiger charge is -2.23. The lowest BCUT2D eigenvalue weighted by Crippen LogP contribution is -2.41. The number of halogens is 1. The summed E-state index contributed by atoms with van der Waals surface area (Å²) in [6.45, 7) is 1.40. The molecule has 2 N–H and O–H groups in total. The molecular weight excluding hydrogens is 306 g/mol. The van der Waals surface area contributed by atoms with Crippen molar-refractivity contribution in [1.82, 2.24) is 10.3 Å². The lowest BCUT2D eigenvalue weighted by molar-refractivity contribution is 0.499. The van der Waals surface area contributed by atoms with E-state index < -0.39 is 10.0 Å². The molecule has 1 fully saturated rings. The van der Waals surface area contributed by atoms with Gasteiger partial charge in [-0.05, 0) is 47.4 Å². The zero-order valence-corrected chi connectivity index (χ0v) is 11.6. The van der Waals surface area contributed by atoms with Gasteiger partial charge in [0.25, 0.3) is 0 Å². The van der Waals surface area contributed by atoms with Crippen LogP contribution < -0.4 is 10.0 Å². The van der Waals surface area contributed by atoms with E-state index in [1.807, 2.05) is 0 Å². The van der Waals surface area contributed by atoms with Crippen LogP contribution >= 0.6 is 15.9 Å². The third-order valence-electron chi connectivity index (χ3n) is 2.66. The van der Waals surface area contributed by atoms with Gasteiger partial charge in [0.05, 0.1) is 5.25 Å². The highest BCUT2D eigenvalue weighted by Crippen LogP contribution is 2.16. The Morgan fingerprint density at radius 2 is 2.29 bits per heavy atom. The Balaban J connectivity index is 2.08. The van der Waals surface area contributed by atoms with Crippen molar-refractivity contribution in [3.05, 3.63) is 22.8 Å². The molecule has 5 nitrogen and oxygen atoms in total. The normalized spacial score (nSPS) is 21.1. The minimum atomic E-state index is -3.34. The molecule has 0 bridgehead atoms. The number of anilines is 1. The van der Waals surface area contributed by atoms with Crippen LogP contribution in [0.25, 0.3) is 0 Å². The Bertz CT molecular complexity index is 469. The van der Waals surface area contributed by atoms with E-state index in [-0.39, 0.29) is 5.25 Å². The van der Waals surface area contributed by atoms with E-state index in [1.54, 1.807) is 18.3 Å². The van der Waals surface area contributed by atoms with E-state index >= 15 is 0 Å². The Morgan fingerprint density at radius 1 is 1.47 bits per heavy atom. The standard InChI is InChI=1S/C10H14BrN3O2S/c11-8-3-4-10(13-6-8)14-17(15,16)9-2-1-5-12-7-9/h3-4,6,9,12H,1-2,5,7H2,(H,13,14). The number of pyridine rings is 1. The largest absolute Gasteiger partial charge is 0.315 e. The van der Waals surface area contributed by atoms with Crippen molar-refractivity contribution in [1.29, 1.82) is 0 Å². The molecule has 1 aromatic rings. The number of sulfonamides is 1. The summed E-state index contributed by atoms with van der Waals surface area (Å²) < 4.78 is 27.4. The second-order valence-electron chi connectivity index (χ2n) is 3.98. The third kappa shape index (κ3) is 3.40. The Hall–Kier alpha value is -0.660. The molecule has 1 unspecified atom stereocenters. The summed E-state index contributed by atoms with van der Waals surface area (Å²) in [5.41, 5.74) is 0. The molecule has 0 amide bonds. The highest BCUT2D eigenvalue weighted by atomic mass is 79.9. The molecule has 0 aromatic carbocycles. The maximum atomic E-state index is 12.0. The first-order chi connectivity index (χ1) is 8.08. The van der Waals surface area contributed by atoms with Crippen LogP contribution in [0, 0.1) is 0 Å². The third-order valence-corrected chi connectivity index (χ3v) is 4.91. The first-order valence-electron chi connectivity index (χ1n) is 5.42. The monoisotopic (exact) mass is 319 g/mol. The number of hydrogen-bond acceptors (Lipinski definition) is 4. The molecule has 0 aliphatic carbocycles. The Labute approximate surface area is 109 Å². The van der Waals surface area contributed by atoms with Gasteiger partial charge >= 0.3 is 0 Å². The summed E-state index contributed by atoms with van der Waals surface area (Å²) in [5, 5.41) is 2.72. The van der Waals surface area contributed by atoms with E-state index in [1.165, 1.54) is 0 Å². The summed E-state index contributed by atoms with van der Waals surface area (Å²) >= 11 is 3.25. The van der Waals surface area contributed by atoms with Gasteiger partial charge in [-0.1, -0.05) is 0 Å². The highest BCUT2D eigenvalue weighted by Gasteiger charge is 2.27. The molecule has 1 aromatic heterocycles. The minimum Gasteiger partial charge on any atom is -0.315 e. The van der Waals surface area contributed by atoms with E-state index in [2.05, 4.69) is 31.0 Å².